The molecule has 1 aromatic carbocycles. The number of nitrogens with two attached hydrogens (primary N) is 1. The molecular weight excluding hydrogens is 172 g/mol. The van der Waals surface area contributed by atoms with Crippen LogP contribution in [0.5, 0.6) is 0 Å². The van der Waals surface area contributed by atoms with Crippen molar-refractivity contribution in [1.82, 2.24) is 4.90 Å². The summed E-state index contributed by atoms with van der Waals surface area (Å²) >= 11 is 0. The molecule has 1 aliphatic rings. The van der Waals surface area contributed by atoms with Gasteiger partial charge in [0, 0.05) is 25.6 Å². The highest BCUT2D eigenvalue weighted by Gasteiger charge is 2.21. The fourth-order valence-electron chi connectivity index (χ4n) is 2.27. The maximum absolute atomic E-state index is 5.80. The van der Waals surface area contributed by atoms with Crippen molar-refractivity contribution >= 4 is 0 Å². The second-order valence-corrected chi connectivity index (χ2v) is 4.33. The second-order valence-electron chi connectivity index (χ2n) is 4.33. The molecule has 1 aromatic rings. The average molecular weight is 190 g/mol. The van der Waals surface area contributed by atoms with Crippen molar-refractivity contribution in [3.63, 3.8) is 0 Å². The Kier molecular flexibility index (Phi) is 2.57. The van der Waals surface area contributed by atoms with Crippen molar-refractivity contribution in [3.05, 3.63) is 34.9 Å². The molecule has 0 saturated carbocycles. The molecule has 0 spiro atoms. The third-order valence-electron chi connectivity index (χ3n) is 3.00. The van der Waals surface area contributed by atoms with Crippen LogP contribution in [0.4, 0.5) is 0 Å². The van der Waals surface area contributed by atoms with E-state index < -0.39 is 0 Å². The smallest absolute Gasteiger partial charge is 0.0233 e. The Morgan fingerprint density at radius 2 is 2.29 bits per heavy atom. The van der Waals surface area contributed by atoms with E-state index in [0.29, 0.717) is 5.92 Å². The summed E-state index contributed by atoms with van der Waals surface area (Å²) in [6.45, 7) is 5.05. The van der Waals surface area contributed by atoms with Crippen molar-refractivity contribution in [2.24, 2.45) is 5.73 Å². The van der Waals surface area contributed by atoms with Gasteiger partial charge in [0.15, 0.2) is 0 Å². The molecule has 2 rings (SSSR count). The maximum atomic E-state index is 5.80. The molecule has 2 heteroatoms. The summed E-state index contributed by atoms with van der Waals surface area (Å²) in [5, 5.41) is 0. The standard InChI is InChI=1S/C12H18N2/c1-9-3-4-10-7-14(2)8-11(6-13)12(10)5-9/h3-5,11H,6-8,13H2,1-2H3. The molecule has 0 bridgehead atoms. The Bertz CT molecular complexity index is 333. The summed E-state index contributed by atoms with van der Waals surface area (Å²) in [5.41, 5.74) is 10.1. The van der Waals surface area contributed by atoms with Crippen LogP contribution in [-0.4, -0.2) is 25.0 Å². The highest BCUT2D eigenvalue weighted by atomic mass is 15.1. The fraction of sp³-hybridized carbons (Fsp3) is 0.500. The van der Waals surface area contributed by atoms with Crippen LogP contribution >= 0.6 is 0 Å². The van der Waals surface area contributed by atoms with Gasteiger partial charge in [0.05, 0.1) is 0 Å². The molecule has 0 fully saturated rings. The van der Waals surface area contributed by atoms with Gasteiger partial charge in [-0.05, 0) is 25.1 Å². The zero-order chi connectivity index (χ0) is 10.1. The lowest BCUT2D eigenvalue weighted by molar-refractivity contribution is 0.283. The number of hydrogen-bond donors (Lipinski definition) is 1. The summed E-state index contributed by atoms with van der Waals surface area (Å²) in [4.78, 5) is 2.34. The Morgan fingerprint density at radius 3 is 3.00 bits per heavy atom. The first kappa shape index (κ1) is 9.69. The largest absolute Gasteiger partial charge is 0.330 e. The zero-order valence-corrected chi connectivity index (χ0v) is 8.96. The molecule has 76 valence electrons. The van der Waals surface area contributed by atoms with Crippen LogP contribution in [0.1, 0.15) is 22.6 Å². The van der Waals surface area contributed by atoms with Gasteiger partial charge in [0.1, 0.15) is 0 Å². The number of fused-ring (bicyclic) bond motifs is 1. The topological polar surface area (TPSA) is 29.3 Å². The van der Waals surface area contributed by atoms with E-state index in [0.717, 1.165) is 19.6 Å². The molecular formula is C12H18N2. The van der Waals surface area contributed by atoms with Crippen LogP contribution in [0.2, 0.25) is 0 Å². The van der Waals surface area contributed by atoms with Crippen LogP contribution in [0.3, 0.4) is 0 Å². The van der Waals surface area contributed by atoms with E-state index in [9.17, 15) is 0 Å². The molecule has 0 aromatic heterocycles. The number of benzene rings is 1. The van der Waals surface area contributed by atoms with Crippen molar-refractivity contribution in [1.29, 1.82) is 0 Å². The Labute approximate surface area is 85.7 Å². The average Bonchev–Trinajstić information content (AvgIpc) is 2.17. The normalized spacial score (nSPS) is 22.1. The van der Waals surface area contributed by atoms with E-state index in [1.165, 1.54) is 16.7 Å². The summed E-state index contributed by atoms with van der Waals surface area (Å²) in [7, 11) is 2.16. The van der Waals surface area contributed by atoms with Crippen LogP contribution in [0.15, 0.2) is 18.2 Å². The highest BCUT2D eigenvalue weighted by Crippen LogP contribution is 2.27. The van der Waals surface area contributed by atoms with E-state index >= 15 is 0 Å². The Morgan fingerprint density at radius 1 is 1.50 bits per heavy atom. The van der Waals surface area contributed by atoms with E-state index in [1.807, 2.05) is 0 Å². The number of likely N-dealkylation sites (N-methyl/N-ethyl adjacent to an activating group) is 1. The summed E-state index contributed by atoms with van der Waals surface area (Å²) in [6.07, 6.45) is 0. The third kappa shape index (κ3) is 1.68. The zero-order valence-electron chi connectivity index (χ0n) is 8.96. The predicted octanol–water partition coefficient (Wildman–Crippen LogP) is 1.48. The van der Waals surface area contributed by atoms with Crippen LogP contribution in [0.25, 0.3) is 0 Å². The van der Waals surface area contributed by atoms with Gasteiger partial charge >= 0.3 is 0 Å². The molecule has 2 N–H and O–H groups in total. The molecule has 0 radical (unpaired) electrons. The quantitative estimate of drug-likeness (QED) is 0.727. The number of aryl methyl sites for hydroxylation is 1. The van der Waals surface area contributed by atoms with Gasteiger partial charge in [-0.3, -0.25) is 0 Å². The van der Waals surface area contributed by atoms with E-state index in [2.05, 4.69) is 37.1 Å². The molecule has 14 heavy (non-hydrogen) atoms. The van der Waals surface area contributed by atoms with E-state index in [-0.39, 0.29) is 0 Å². The maximum Gasteiger partial charge on any atom is 0.0233 e. The number of hydrogen-bond acceptors (Lipinski definition) is 2. The molecule has 0 aliphatic carbocycles. The van der Waals surface area contributed by atoms with Gasteiger partial charge in [0.2, 0.25) is 0 Å². The second kappa shape index (κ2) is 3.71. The molecule has 1 heterocycles. The minimum atomic E-state index is 0.517. The molecule has 2 nitrogen and oxygen atoms in total. The lowest BCUT2D eigenvalue weighted by Crippen LogP contribution is -2.33. The van der Waals surface area contributed by atoms with Crippen LogP contribution < -0.4 is 5.73 Å². The Balaban J connectivity index is 2.41. The van der Waals surface area contributed by atoms with Gasteiger partial charge < -0.3 is 10.6 Å². The van der Waals surface area contributed by atoms with Crippen molar-refractivity contribution in [2.45, 2.75) is 19.4 Å². The molecule has 0 saturated heterocycles. The molecule has 0 amide bonds. The number of nitrogens with zero attached hydrogens (tertiary/aromatic N) is 1. The first-order chi connectivity index (χ1) is 6.70. The fourth-order valence-corrected chi connectivity index (χ4v) is 2.27. The lowest BCUT2D eigenvalue weighted by atomic mass is 9.89. The molecule has 1 aliphatic heterocycles. The van der Waals surface area contributed by atoms with E-state index in [1.54, 1.807) is 0 Å². The van der Waals surface area contributed by atoms with Crippen molar-refractivity contribution in [3.8, 4) is 0 Å². The highest BCUT2D eigenvalue weighted by molar-refractivity contribution is 5.36. The van der Waals surface area contributed by atoms with Gasteiger partial charge in [-0.2, -0.15) is 0 Å². The third-order valence-corrected chi connectivity index (χ3v) is 3.00. The SMILES string of the molecule is Cc1ccc2c(c1)C(CN)CN(C)C2. The van der Waals surface area contributed by atoms with Gasteiger partial charge in [-0.1, -0.05) is 23.8 Å². The predicted molar refractivity (Wildman–Crippen MR) is 59.3 cm³/mol. The number of rotatable bonds is 1. The first-order valence-corrected chi connectivity index (χ1v) is 5.18. The van der Waals surface area contributed by atoms with Crippen molar-refractivity contribution in [2.75, 3.05) is 20.1 Å². The van der Waals surface area contributed by atoms with Gasteiger partial charge in [-0.25, -0.2) is 0 Å². The minimum Gasteiger partial charge on any atom is -0.330 e. The van der Waals surface area contributed by atoms with Crippen molar-refractivity contribution < 1.29 is 0 Å². The summed E-state index contributed by atoms with van der Waals surface area (Å²) in [5.74, 6) is 0.517. The monoisotopic (exact) mass is 190 g/mol. The van der Waals surface area contributed by atoms with Gasteiger partial charge in [-0.15, -0.1) is 0 Å². The molecule has 1 atom stereocenters. The Hall–Kier alpha value is -0.860. The summed E-state index contributed by atoms with van der Waals surface area (Å²) < 4.78 is 0. The lowest BCUT2D eigenvalue weighted by Gasteiger charge is -2.31. The molecule has 1 unspecified atom stereocenters. The van der Waals surface area contributed by atoms with Crippen LogP contribution in [-0.2, 0) is 6.54 Å². The first-order valence-electron chi connectivity index (χ1n) is 5.18. The minimum absolute atomic E-state index is 0.517. The van der Waals surface area contributed by atoms with E-state index in [4.69, 9.17) is 5.73 Å². The van der Waals surface area contributed by atoms with Gasteiger partial charge in [0.25, 0.3) is 0 Å². The summed E-state index contributed by atoms with van der Waals surface area (Å²) in [6, 6.07) is 6.72. The van der Waals surface area contributed by atoms with Crippen LogP contribution in [0, 0.1) is 6.92 Å².